The van der Waals surface area contributed by atoms with Crippen LogP contribution >= 0.6 is 0 Å². The van der Waals surface area contributed by atoms with Crippen LogP contribution in [0.25, 0.3) is 5.69 Å². The standard InChI is InChI=1S/C17H20F2N4O2/c1-11-3-5-13(6-4-11)23-12(2)15(20-21-23)9-16(24)22-8-7-14(10-22)25-17(18)19/h3-6,14,17H,7-10H2,1-2H3/t14-/m1/s1. The lowest BCUT2D eigenvalue weighted by molar-refractivity contribution is -0.160. The molecule has 0 bridgehead atoms. The Balaban J connectivity index is 1.66. The van der Waals surface area contributed by atoms with E-state index in [1.807, 2.05) is 38.1 Å². The van der Waals surface area contributed by atoms with Crippen LogP contribution in [0.2, 0.25) is 0 Å². The van der Waals surface area contributed by atoms with Crippen molar-refractivity contribution in [1.29, 1.82) is 0 Å². The van der Waals surface area contributed by atoms with Crippen molar-refractivity contribution in [3.63, 3.8) is 0 Å². The second-order valence-electron chi connectivity index (χ2n) is 6.19. The number of aryl methyl sites for hydroxylation is 1. The lowest BCUT2D eigenvalue weighted by Crippen LogP contribution is -2.32. The van der Waals surface area contributed by atoms with Crippen molar-refractivity contribution in [2.45, 2.75) is 39.4 Å². The van der Waals surface area contributed by atoms with Crippen LogP contribution in [0.3, 0.4) is 0 Å². The van der Waals surface area contributed by atoms with E-state index >= 15 is 0 Å². The van der Waals surface area contributed by atoms with E-state index in [0.29, 0.717) is 18.7 Å². The molecule has 8 heteroatoms. The van der Waals surface area contributed by atoms with E-state index in [0.717, 1.165) is 16.9 Å². The molecule has 1 fully saturated rings. The lowest BCUT2D eigenvalue weighted by Gasteiger charge is -2.16. The fourth-order valence-corrected chi connectivity index (χ4v) is 2.92. The molecule has 2 heterocycles. The van der Waals surface area contributed by atoms with Gasteiger partial charge in [0, 0.05) is 13.1 Å². The molecule has 1 aromatic heterocycles. The summed E-state index contributed by atoms with van der Waals surface area (Å²) in [5.74, 6) is -0.153. The van der Waals surface area contributed by atoms with E-state index < -0.39 is 12.7 Å². The molecule has 0 unspecified atom stereocenters. The van der Waals surface area contributed by atoms with Gasteiger partial charge in [0.15, 0.2) is 0 Å². The first-order chi connectivity index (χ1) is 11.9. The molecule has 134 valence electrons. The molecule has 0 aliphatic carbocycles. The average molecular weight is 350 g/mol. The first-order valence-electron chi connectivity index (χ1n) is 8.13. The molecule has 1 atom stereocenters. The molecule has 1 aliphatic rings. The molecule has 25 heavy (non-hydrogen) atoms. The molecular formula is C17H20F2N4O2. The van der Waals surface area contributed by atoms with Gasteiger partial charge in [-0.1, -0.05) is 22.9 Å². The van der Waals surface area contributed by atoms with Crippen LogP contribution in [-0.2, 0) is 16.0 Å². The number of aromatic nitrogens is 3. The second kappa shape index (κ2) is 7.26. The normalized spacial score (nSPS) is 17.5. The molecule has 6 nitrogen and oxygen atoms in total. The maximum atomic E-state index is 12.4. The summed E-state index contributed by atoms with van der Waals surface area (Å²) < 4.78 is 30.7. The molecule has 0 saturated carbocycles. The molecule has 3 rings (SSSR count). The Labute approximate surface area is 144 Å². The van der Waals surface area contributed by atoms with Crippen LogP contribution in [0.4, 0.5) is 8.78 Å². The van der Waals surface area contributed by atoms with Crippen LogP contribution in [0.15, 0.2) is 24.3 Å². The van der Waals surface area contributed by atoms with Crippen molar-refractivity contribution < 1.29 is 18.3 Å². The summed E-state index contributed by atoms with van der Waals surface area (Å²) in [5, 5.41) is 8.23. The van der Waals surface area contributed by atoms with Crippen molar-refractivity contribution in [3.05, 3.63) is 41.2 Å². The summed E-state index contributed by atoms with van der Waals surface area (Å²) in [6.45, 7) is 1.66. The fraction of sp³-hybridized carbons (Fsp3) is 0.471. The number of benzene rings is 1. The van der Waals surface area contributed by atoms with Crippen molar-refractivity contribution in [3.8, 4) is 5.69 Å². The summed E-state index contributed by atoms with van der Waals surface area (Å²) in [6.07, 6.45) is -0.0854. The molecular weight excluding hydrogens is 330 g/mol. The first kappa shape index (κ1) is 17.5. The molecule has 0 spiro atoms. The van der Waals surface area contributed by atoms with E-state index in [1.54, 1.807) is 4.68 Å². The smallest absolute Gasteiger partial charge is 0.340 e. The third-order valence-corrected chi connectivity index (χ3v) is 4.38. The van der Waals surface area contributed by atoms with E-state index in [2.05, 4.69) is 15.0 Å². The Hall–Kier alpha value is -2.35. The zero-order valence-electron chi connectivity index (χ0n) is 14.2. The Morgan fingerprint density at radius 1 is 1.32 bits per heavy atom. The number of amides is 1. The van der Waals surface area contributed by atoms with Crippen LogP contribution < -0.4 is 0 Å². The van der Waals surface area contributed by atoms with E-state index in [1.165, 1.54) is 4.90 Å². The average Bonchev–Trinajstić information content (AvgIpc) is 3.16. The highest BCUT2D eigenvalue weighted by molar-refractivity contribution is 5.78. The maximum Gasteiger partial charge on any atom is 0.345 e. The Kier molecular flexibility index (Phi) is 5.08. The largest absolute Gasteiger partial charge is 0.345 e. The Morgan fingerprint density at radius 3 is 2.72 bits per heavy atom. The molecule has 1 aliphatic heterocycles. The highest BCUT2D eigenvalue weighted by Crippen LogP contribution is 2.18. The van der Waals surface area contributed by atoms with Gasteiger partial charge >= 0.3 is 6.61 Å². The van der Waals surface area contributed by atoms with Crippen molar-refractivity contribution in [2.75, 3.05) is 13.1 Å². The van der Waals surface area contributed by atoms with Crippen LogP contribution in [-0.4, -0.2) is 51.6 Å². The molecule has 1 saturated heterocycles. The molecule has 1 amide bonds. The van der Waals surface area contributed by atoms with Gasteiger partial charge in [0.2, 0.25) is 5.91 Å². The van der Waals surface area contributed by atoms with E-state index in [9.17, 15) is 13.6 Å². The monoisotopic (exact) mass is 350 g/mol. The first-order valence-corrected chi connectivity index (χ1v) is 8.13. The topological polar surface area (TPSA) is 60.2 Å². The zero-order chi connectivity index (χ0) is 18.0. The molecule has 2 aromatic rings. The fourth-order valence-electron chi connectivity index (χ4n) is 2.92. The number of ether oxygens (including phenoxy) is 1. The van der Waals surface area contributed by atoms with Gasteiger partial charge in [-0.2, -0.15) is 8.78 Å². The number of rotatable bonds is 5. The minimum absolute atomic E-state index is 0.0963. The summed E-state index contributed by atoms with van der Waals surface area (Å²) in [7, 11) is 0. The number of hydrogen-bond donors (Lipinski definition) is 0. The Morgan fingerprint density at radius 2 is 2.04 bits per heavy atom. The van der Waals surface area contributed by atoms with Gasteiger partial charge in [-0.3, -0.25) is 4.79 Å². The maximum absolute atomic E-state index is 12.4. The zero-order valence-corrected chi connectivity index (χ0v) is 14.2. The minimum atomic E-state index is -2.81. The van der Waals surface area contributed by atoms with Crippen molar-refractivity contribution >= 4 is 5.91 Å². The third-order valence-electron chi connectivity index (χ3n) is 4.38. The Bertz CT molecular complexity index is 746. The number of likely N-dealkylation sites (tertiary alicyclic amines) is 1. The number of carbonyl (C=O) groups is 1. The van der Waals surface area contributed by atoms with Crippen LogP contribution in [0, 0.1) is 13.8 Å². The van der Waals surface area contributed by atoms with Gasteiger partial charge in [0.1, 0.15) is 0 Å². The highest BCUT2D eigenvalue weighted by Gasteiger charge is 2.29. The number of nitrogens with zero attached hydrogens (tertiary/aromatic N) is 4. The summed E-state index contributed by atoms with van der Waals surface area (Å²) >= 11 is 0. The second-order valence-corrected chi connectivity index (χ2v) is 6.19. The molecule has 0 N–H and O–H groups in total. The summed E-state index contributed by atoms with van der Waals surface area (Å²) in [4.78, 5) is 13.9. The van der Waals surface area contributed by atoms with Gasteiger partial charge < -0.3 is 9.64 Å². The number of alkyl halides is 2. The SMILES string of the molecule is Cc1ccc(-n2nnc(CC(=O)N3CC[C@@H](OC(F)F)C3)c2C)cc1. The van der Waals surface area contributed by atoms with Crippen LogP contribution in [0.5, 0.6) is 0 Å². The van der Waals surface area contributed by atoms with Crippen LogP contribution in [0.1, 0.15) is 23.4 Å². The van der Waals surface area contributed by atoms with Gasteiger partial charge in [-0.15, -0.1) is 5.10 Å². The van der Waals surface area contributed by atoms with Gasteiger partial charge in [0.05, 0.1) is 29.6 Å². The van der Waals surface area contributed by atoms with E-state index in [-0.39, 0.29) is 18.9 Å². The summed E-state index contributed by atoms with van der Waals surface area (Å²) in [6, 6.07) is 7.84. The number of halogens is 2. The number of carbonyl (C=O) groups excluding carboxylic acids is 1. The van der Waals surface area contributed by atoms with Gasteiger partial charge in [0.25, 0.3) is 0 Å². The summed E-state index contributed by atoms with van der Waals surface area (Å²) in [5.41, 5.74) is 3.40. The van der Waals surface area contributed by atoms with Crippen molar-refractivity contribution in [2.24, 2.45) is 0 Å². The van der Waals surface area contributed by atoms with Gasteiger partial charge in [-0.05, 0) is 32.4 Å². The third kappa shape index (κ3) is 4.01. The van der Waals surface area contributed by atoms with Gasteiger partial charge in [-0.25, -0.2) is 4.68 Å². The molecule has 0 radical (unpaired) electrons. The predicted molar refractivity (Wildman–Crippen MR) is 86.6 cm³/mol. The predicted octanol–water partition coefficient (Wildman–Crippen LogP) is 2.27. The minimum Gasteiger partial charge on any atom is -0.340 e. The number of hydrogen-bond acceptors (Lipinski definition) is 4. The quantitative estimate of drug-likeness (QED) is 0.830. The van der Waals surface area contributed by atoms with E-state index in [4.69, 9.17) is 0 Å². The lowest BCUT2D eigenvalue weighted by atomic mass is 10.2. The highest BCUT2D eigenvalue weighted by atomic mass is 19.3. The van der Waals surface area contributed by atoms with Crippen molar-refractivity contribution in [1.82, 2.24) is 19.9 Å². The molecule has 1 aromatic carbocycles.